The zero-order chi connectivity index (χ0) is 14.3. The Kier molecular flexibility index (Phi) is 6.45. The standard InChI is InChI=1S/C13H18ClNO4/c1-18-8-7-15(6-5-14)13(17)10-3-4-12(19-2)11(16)9-10/h3-4,9,16H,5-8H2,1-2H3. The first-order valence-electron chi connectivity index (χ1n) is 5.85. The lowest BCUT2D eigenvalue weighted by Gasteiger charge is -2.21. The van der Waals surface area contributed by atoms with Crippen molar-refractivity contribution in [3.8, 4) is 11.5 Å². The van der Waals surface area contributed by atoms with Gasteiger partial charge in [-0.15, -0.1) is 11.6 Å². The summed E-state index contributed by atoms with van der Waals surface area (Å²) in [6, 6.07) is 4.54. The average Bonchev–Trinajstić information content (AvgIpc) is 2.42. The van der Waals surface area contributed by atoms with E-state index in [0.29, 0.717) is 36.9 Å². The number of hydrogen-bond acceptors (Lipinski definition) is 4. The van der Waals surface area contributed by atoms with Crippen LogP contribution in [0.3, 0.4) is 0 Å². The van der Waals surface area contributed by atoms with Crippen molar-refractivity contribution in [2.45, 2.75) is 0 Å². The smallest absolute Gasteiger partial charge is 0.254 e. The van der Waals surface area contributed by atoms with Crippen molar-refractivity contribution in [3.63, 3.8) is 0 Å². The maximum atomic E-state index is 12.3. The van der Waals surface area contributed by atoms with E-state index >= 15 is 0 Å². The zero-order valence-electron chi connectivity index (χ0n) is 11.1. The van der Waals surface area contributed by atoms with E-state index in [1.807, 2.05) is 0 Å². The topological polar surface area (TPSA) is 59.0 Å². The lowest BCUT2D eigenvalue weighted by molar-refractivity contribution is 0.0707. The molecular formula is C13H18ClNO4. The van der Waals surface area contributed by atoms with E-state index in [0.717, 1.165) is 0 Å². The molecule has 106 valence electrons. The fraction of sp³-hybridized carbons (Fsp3) is 0.462. The highest BCUT2D eigenvalue weighted by Crippen LogP contribution is 2.26. The Labute approximate surface area is 117 Å². The fourth-order valence-corrected chi connectivity index (χ4v) is 1.83. The maximum Gasteiger partial charge on any atom is 0.254 e. The highest BCUT2D eigenvalue weighted by molar-refractivity contribution is 6.18. The van der Waals surface area contributed by atoms with E-state index in [9.17, 15) is 9.90 Å². The summed E-state index contributed by atoms with van der Waals surface area (Å²) in [4.78, 5) is 13.8. The fourth-order valence-electron chi connectivity index (χ4n) is 1.62. The average molecular weight is 288 g/mol. The number of carbonyl (C=O) groups is 1. The van der Waals surface area contributed by atoms with Gasteiger partial charge in [0, 0.05) is 31.6 Å². The summed E-state index contributed by atoms with van der Waals surface area (Å²) < 4.78 is 9.90. The van der Waals surface area contributed by atoms with Crippen molar-refractivity contribution in [3.05, 3.63) is 23.8 Å². The summed E-state index contributed by atoms with van der Waals surface area (Å²) in [6.45, 7) is 1.32. The minimum absolute atomic E-state index is 0.0640. The predicted molar refractivity (Wildman–Crippen MR) is 73.2 cm³/mol. The normalized spacial score (nSPS) is 10.3. The van der Waals surface area contributed by atoms with E-state index in [4.69, 9.17) is 21.1 Å². The molecule has 0 spiro atoms. The minimum atomic E-state index is -0.198. The third kappa shape index (κ3) is 4.29. The molecule has 0 aliphatic rings. The molecule has 0 heterocycles. The second-order valence-corrected chi connectivity index (χ2v) is 4.24. The van der Waals surface area contributed by atoms with E-state index in [2.05, 4.69) is 0 Å². The molecule has 1 aromatic rings. The number of carbonyl (C=O) groups excluding carboxylic acids is 1. The van der Waals surface area contributed by atoms with Crippen LogP contribution in [0.2, 0.25) is 0 Å². The third-order valence-corrected chi connectivity index (χ3v) is 2.80. The lowest BCUT2D eigenvalue weighted by atomic mass is 10.1. The van der Waals surface area contributed by atoms with Crippen LogP contribution in [0.5, 0.6) is 11.5 Å². The summed E-state index contributed by atoms with van der Waals surface area (Å²) in [5.41, 5.74) is 0.388. The first-order valence-corrected chi connectivity index (χ1v) is 6.38. The van der Waals surface area contributed by atoms with Crippen LogP contribution in [0.15, 0.2) is 18.2 Å². The number of methoxy groups -OCH3 is 2. The Morgan fingerprint density at radius 3 is 2.63 bits per heavy atom. The molecule has 1 rings (SSSR count). The number of amides is 1. The van der Waals surface area contributed by atoms with Crippen LogP contribution in [0.1, 0.15) is 10.4 Å². The summed E-state index contributed by atoms with van der Waals surface area (Å²) in [6.07, 6.45) is 0. The number of alkyl halides is 1. The zero-order valence-corrected chi connectivity index (χ0v) is 11.8. The van der Waals surface area contributed by atoms with Gasteiger partial charge in [0.05, 0.1) is 13.7 Å². The third-order valence-electron chi connectivity index (χ3n) is 2.63. The van der Waals surface area contributed by atoms with Crippen molar-refractivity contribution < 1.29 is 19.4 Å². The van der Waals surface area contributed by atoms with Crippen LogP contribution in [-0.2, 0) is 4.74 Å². The summed E-state index contributed by atoms with van der Waals surface area (Å²) in [7, 11) is 3.03. The molecule has 1 aromatic carbocycles. The van der Waals surface area contributed by atoms with Gasteiger partial charge in [-0.2, -0.15) is 0 Å². The number of phenolic OH excluding ortho intramolecular Hbond substituents is 1. The minimum Gasteiger partial charge on any atom is -0.504 e. The molecule has 0 bridgehead atoms. The highest BCUT2D eigenvalue weighted by Gasteiger charge is 2.16. The molecule has 1 N–H and O–H groups in total. The van der Waals surface area contributed by atoms with Gasteiger partial charge in [0.25, 0.3) is 5.91 Å². The number of ether oxygens (including phenoxy) is 2. The van der Waals surface area contributed by atoms with Gasteiger partial charge in [-0.1, -0.05) is 0 Å². The number of aromatic hydroxyl groups is 1. The van der Waals surface area contributed by atoms with Crippen LogP contribution in [0.4, 0.5) is 0 Å². The Morgan fingerprint density at radius 2 is 2.11 bits per heavy atom. The van der Waals surface area contributed by atoms with Gasteiger partial charge >= 0.3 is 0 Å². The van der Waals surface area contributed by atoms with E-state index < -0.39 is 0 Å². The molecule has 1 amide bonds. The van der Waals surface area contributed by atoms with Gasteiger partial charge in [0.1, 0.15) is 0 Å². The Bertz CT molecular complexity index is 425. The maximum absolute atomic E-state index is 12.3. The van der Waals surface area contributed by atoms with Gasteiger partial charge in [-0.3, -0.25) is 4.79 Å². The molecule has 0 atom stereocenters. The van der Waals surface area contributed by atoms with Crippen LogP contribution in [-0.4, -0.2) is 55.7 Å². The number of benzene rings is 1. The molecule has 0 aliphatic carbocycles. The number of hydrogen-bond donors (Lipinski definition) is 1. The molecule has 0 aliphatic heterocycles. The Morgan fingerprint density at radius 1 is 1.37 bits per heavy atom. The molecule has 6 heteroatoms. The van der Waals surface area contributed by atoms with Crippen molar-refractivity contribution in [1.82, 2.24) is 4.90 Å². The number of phenols is 1. The Balaban J connectivity index is 2.86. The van der Waals surface area contributed by atoms with E-state index in [1.165, 1.54) is 13.2 Å². The lowest BCUT2D eigenvalue weighted by Crippen LogP contribution is -2.35. The van der Waals surface area contributed by atoms with Gasteiger partial charge < -0.3 is 19.5 Å². The molecule has 0 saturated heterocycles. The van der Waals surface area contributed by atoms with Gasteiger partial charge in [-0.25, -0.2) is 0 Å². The highest BCUT2D eigenvalue weighted by atomic mass is 35.5. The molecule has 0 radical (unpaired) electrons. The van der Waals surface area contributed by atoms with Crippen molar-refractivity contribution >= 4 is 17.5 Å². The van der Waals surface area contributed by atoms with Gasteiger partial charge in [-0.05, 0) is 18.2 Å². The van der Waals surface area contributed by atoms with Crippen molar-refractivity contribution in [1.29, 1.82) is 0 Å². The number of rotatable bonds is 7. The van der Waals surface area contributed by atoms with E-state index in [1.54, 1.807) is 24.1 Å². The van der Waals surface area contributed by atoms with Crippen LogP contribution in [0, 0.1) is 0 Å². The quantitative estimate of drug-likeness (QED) is 0.776. The summed E-state index contributed by atoms with van der Waals surface area (Å²) >= 11 is 5.68. The predicted octanol–water partition coefficient (Wildman–Crippen LogP) is 1.73. The largest absolute Gasteiger partial charge is 0.504 e. The molecule has 0 aromatic heterocycles. The van der Waals surface area contributed by atoms with Crippen LogP contribution >= 0.6 is 11.6 Å². The van der Waals surface area contributed by atoms with Crippen molar-refractivity contribution in [2.24, 2.45) is 0 Å². The van der Waals surface area contributed by atoms with E-state index in [-0.39, 0.29) is 11.7 Å². The molecule has 0 saturated carbocycles. The summed E-state index contributed by atoms with van der Waals surface area (Å²) in [5.74, 6) is 0.413. The first kappa shape index (κ1) is 15.6. The second kappa shape index (κ2) is 7.86. The monoisotopic (exact) mass is 287 g/mol. The first-order chi connectivity index (χ1) is 9.13. The number of halogens is 1. The molecule has 0 unspecified atom stereocenters. The number of nitrogens with zero attached hydrogens (tertiary/aromatic N) is 1. The van der Waals surface area contributed by atoms with Crippen LogP contribution < -0.4 is 4.74 Å². The molecule has 5 nitrogen and oxygen atoms in total. The molecule has 19 heavy (non-hydrogen) atoms. The second-order valence-electron chi connectivity index (χ2n) is 3.86. The van der Waals surface area contributed by atoms with Crippen LogP contribution in [0.25, 0.3) is 0 Å². The van der Waals surface area contributed by atoms with Crippen molar-refractivity contribution in [2.75, 3.05) is 39.8 Å². The molecular weight excluding hydrogens is 270 g/mol. The Hall–Kier alpha value is -1.46. The molecule has 0 fully saturated rings. The summed E-state index contributed by atoms with van der Waals surface area (Å²) in [5, 5.41) is 9.68. The van der Waals surface area contributed by atoms with Gasteiger partial charge in [0.2, 0.25) is 0 Å². The SMILES string of the molecule is COCCN(CCCl)C(=O)c1ccc(OC)c(O)c1. The van der Waals surface area contributed by atoms with Gasteiger partial charge in [0.15, 0.2) is 11.5 Å².